The minimum absolute atomic E-state index is 0.129. The number of nitrogen functional groups attached to an aromatic ring is 1. The van der Waals surface area contributed by atoms with Crippen LogP contribution in [0.5, 0.6) is 0 Å². The summed E-state index contributed by atoms with van der Waals surface area (Å²) in [5.74, 6) is -0.310. The number of rotatable bonds is 5. The standard InChI is InChI=1S/C13H20N4O2/c1-9-10(14)5-4-6-11(9)16-13(19)8-17(3)7-12(18)15-2/h4-6H,7-8,14H2,1-3H3,(H,15,18)(H,16,19). The van der Waals surface area contributed by atoms with E-state index in [1.54, 1.807) is 37.2 Å². The van der Waals surface area contributed by atoms with Crippen molar-refractivity contribution in [1.82, 2.24) is 10.2 Å². The van der Waals surface area contributed by atoms with Crippen molar-refractivity contribution in [2.45, 2.75) is 6.92 Å². The number of hydrogen-bond acceptors (Lipinski definition) is 4. The Kier molecular flexibility index (Phi) is 5.32. The summed E-state index contributed by atoms with van der Waals surface area (Å²) in [7, 11) is 3.27. The Balaban J connectivity index is 2.56. The van der Waals surface area contributed by atoms with Crippen LogP contribution in [0, 0.1) is 6.92 Å². The van der Waals surface area contributed by atoms with Gasteiger partial charge in [0.05, 0.1) is 13.1 Å². The summed E-state index contributed by atoms with van der Waals surface area (Å²) in [6.07, 6.45) is 0. The molecule has 0 saturated carbocycles. The number of anilines is 2. The average Bonchev–Trinajstić information content (AvgIpc) is 2.34. The summed E-state index contributed by atoms with van der Waals surface area (Å²) in [5.41, 5.74) is 7.93. The maximum Gasteiger partial charge on any atom is 0.238 e. The highest BCUT2D eigenvalue weighted by atomic mass is 16.2. The molecule has 0 aliphatic heterocycles. The molecule has 0 unspecified atom stereocenters. The number of nitrogens with two attached hydrogens (primary N) is 1. The van der Waals surface area contributed by atoms with Crippen LogP contribution in [0.25, 0.3) is 0 Å². The van der Waals surface area contributed by atoms with Gasteiger partial charge in [-0.3, -0.25) is 14.5 Å². The lowest BCUT2D eigenvalue weighted by Gasteiger charge is -2.16. The smallest absolute Gasteiger partial charge is 0.238 e. The van der Waals surface area contributed by atoms with Crippen LogP contribution in [0.4, 0.5) is 11.4 Å². The van der Waals surface area contributed by atoms with Gasteiger partial charge in [-0.05, 0) is 31.7 Å². The third-order valence-electron chi connectivity index (χ3n) is 2.76. The number of carbonyl (C=O) groups excluding carboxylic acids is 2. The van der Waals surface area contributed by atoms with Gasteiger partial charge in [0, 0.05) is 18.4 Å². The Morgan fingerprint density at radius 2 is 1.89 bits per heavy atom. The van der Waals surface area contributed by atoms with E-state index in [0.29, 0.717) is 11.4 Å². The molecule has 2 amide bonds. The maximum absolute atomic E-state index is 11.8. The van der Waals surface area contributed by atoms with Gasteiger partial charge in [-0.15, -0.1) is 0 Å². The number of amides is 2. The number of nitrogens with zero attached hydrogens (tertiary/aromatic N) is 1. The normalized spacial score (nSPS) is 10.3. The zero-order chi connectivity index (χ0) is 14.4. The van der Waals surface area contributed by atoms with E-state index in [-0.39, 0.29) is 24.9 Å². The minimum Gasteiger partial charge on any atom is -0.398 e. The first-order valence-corrected chi connectivity index (χ1v) is 5.98. The molecule has 0 spiro atoms. The number of nitrogens with one attached hydrogen (secondary N) is 2. The molecule has 1 aromatic rings. The van der Waals surface area contributed by atoms with Gasteiger partial charge in [0.1, 0.15) is 0 Å². The summed E-state index contributed by atoms with van der Waals surface area (Å²) < 4.78 is 0. The van der Waals surface area contributed by atoms with Crippen LogP contribution < -0.4 is 16.4 Å². The van der Waals surface area contributed by atoms with Crippen molar-refractivity contribution in [2.24, 2.45) is 0 Å². The van der Waals surface area contributed by atoms with Gasteiger partial charge in [0.2, 0.25) is 11.8 Å². The van der Waals surface area contributed by atoms with Crippen molar-refractivity contribution < 1.29 is 9.59 Å². The van der Waals surface area contributed by atoms with E-state index in [1.807, 2.05) is 6.92 Å². The van der Waals surface area contributed by atoms with Crippen molar-refractivity contribution >= 4 is 23.2 Å². The summed E-state index contributed by atoms with van der Waals surface area (Å²) in [5, 5.41) is 5.29. The van der Waals surface area contributed by atoms with Crippen molar-refractivity contribution in [3.63, 3.8) is 0 Å². The number of likely N-dealkylation sites (N-methyl/N-ethyl adjacent to an activating group) is 2. The molecule has 4 N–H and O–H groups in total. The third kappa shape index (κ3) is 4.59. The second kappa shape index (κ2) is 6.75. The Hall–Kier alpha value is -2.08. The van der Waals surface area contributed by atoms with Crippen molar-refractivity contribution in [3.8, 4) is 0 Å². The van der Waals surface area contributed by atoms with E-state index in [0.717, 1.165) is 5.56 Å². The molecule has 104 valence electrons. The molecule has 0 heterocycles. The predicted molar refractivity (Wildman–Crippen MR) is 75.8 cm³/mol. The summed E-state index contributed by atoms with van der Waals surface area (Å²) in [6, 6.07) is 5.36. The quantitative estimate of drug-likeness (QED) is 0.663. The minimum atomic E-state index is -0.180. The van der Waals surface area contributed by atoms with Crippen LogP contribution in [0.15, 0.2) is 18.2 Å². The fourth-order valence-electron chi connectivity index (χ4n) is 1.60. The number of hydrogen-bond donors (Lipinski definition) is 3. The van der Waals surface area contributed by atoms with Gasteiger partial charge in [0.25, 0.3) is 0 Å². The van der Waals surface area contributed by atoms with E-state index in [1.165, 1.54) is 0 Å². The molecule has 0 aromatic heterocycles. The first-order chi connectivity index (χ1) is 8.93. The van der Waals surface area contributed by atoms with Crippen LogP contribution in [-0.4, -0.2) is 43.9 Å². The fourth-order valence-corrected chi connectivity index (χ4v) is 1.60. The first-order valence-electron chi connectivity index (χ1n) is 5.98. The van der Waals surface area contributed by atoms with E-state index in [4.69, 9.17) is 5.73 Å². The van der Waals surface area contributed by atoms with Gasteiger partial charge >= 0.3 is 0 Å². The third-order valence-corrected chi connectivity index (χ3v) is 2.76. The van der Waals surface area contributed by atoms with Gasteiger partial charge in [-0.1, -0.05) is 6.07 Å². The van der Waals surface area contributed by atoms with Crippen LogP contribution in [0.1, 0.15) is 5.56 Å². The molecular formula is C13H20N4O2. The molecule has 1 aromatic carbocycles. The van der Waals surface area contributed by atoms with Crippen molar-refractivity contribution in [3.05, 3.63) is 23.8 Å². The van der Waals surface area contributed by atoms with E-state index < -0.39 is 0 Å². The summed E-state index contributed by atoms with van der Waals surface area (Å²) >= 11 is 0. The van der Waals surface area contributed by atoms with Crippen molar-refractivity contribution in [1.29, 1.82) is 0 Å². The molecule has 19 heavy (non-hydrogen) atoms. The second-order valence-electron chi connectivity index (χ2n) is 4.41. The van der Waals surface area contributed by atoms with E-state index >= 15 is 0 Å². The first kappa shape index (κ1) is 15.0. The molecule has 6 nitrogen and oxygen atoms in total. The molecule has 1 rings (SSSR count). The van der Waals surface area contributed by atoms with Crippen LogP contribution >= 0.6 is 0 Å². The second-order valence-corrected chi connectivity index (χ2v) is 4.41. The highest BCUT2D eigenvalue weighted by Gasteiger charge is 2.11. The lowest BCUT2D eigenvalue weighted by atomic mass is 10.1. The average molecular weight is 264 g/mol. The van der Waals surface area contributed by atoms with Gasteiger partial charge < -0.3 is 16.4 Å². The Bertz CT molecular complexity index is 474. The van der Waals surface area contributed by atoms with Crippen LogP contribution in [-0.2, 0) is 9.59 Å². The lowest BCUT2D eigenvalue weighted by molar-refractivity contribution is -0.122. The molecule has 0 fully saturated rings. The Morgan fingerprint density at radius 1 is 1.26 bits per heavy atom. The molecule has 0 radical (unpaired) electrons. The van der Waals surface area contributed by atoms with E-state index in [9.17, 15) is 9.59 Å². The largest absolute Gasteiger partial charge is 0.398 e. The number of benzene rings is 1. The van der Waals surface area contributed by atoms with Crippen LogP contribution in [0.2, 0.25) is 0 Å². The zero-order valence-electron chi connectivity index (χ0n) is 11.5. The van der Waals surface area contributed by atoms with Gasteiger partial charge in [-0.2, -0.15) is 0 Å². The number of carbonyl (C=O) groups is 2. The molecule has 0 saturated heterocycles. The van der Waals surface area contributed by atoms with Gasteiger partial charge in [0.15, 0.2) is 0 Å². The highest BCUT2D eigenvalue weighted by molar-refractivity contribution is 5.94. The highest BCUT2D eigenvalue weighted by Crippen LogP contribution is 2.20. The molecular weight excluding hydrogens is 244 g/mol. The maximum atomic E-state index is 11.8. The molecule has 6 heteroatoms. The van der Waals surface area contributed by atoms with Crippen molar-refractivity contribution in [2.75, 3.05) is 38.2 Å². The Morgan fingerprint density at radius 3 is 2.53 bits per heavy atom. The predicted octanol–water partition coefficient (Wildman–Crippen LogP) is 0.194. The summed E-state index contributed by atoms with van der Waals surface area (Å²) in [6.45, 7) is 2.17. The molecule has 0 aliphatic carbocycles. The summed E-state index contributed by atoms with van der Waals surface area (Å²) in [4.78, 5) is 24.6. The SMILES string of the molecule is CNC(=O)CN(C)CC(=O)Nc1cccc(N)c1C. The molecule has 0 bridgehead atoms. The topological polar surface area (TPSA) is 87.5 Å². The molecule has 0 atom stereocenters. The van der Waals surface area contributed by atoms with Crippen LogP contribution in [0.3, 0.4) is 0 Å². The monoisotopic (exact) mass is 264 g/mol. The molecule has 0 aliphatic rings. The fraction of sp³-hybridized carbons (Fsp3) is 0.385. The lowest BCUT2D eigenvalue weighted by Crippen LogP contribution is -2.37. The van der Waals surface area contributed by atoms with E-state index in [2.05, 4.69) is 10.6 Å². The van der Waals surface area contributed by atoms with Gasteiger partial charge in [-0.25, -0.2) is 0 Å². The Labute approximate surface area is 113 Å². The zero-order valence-corrected chi connectivity index (χ0v) is 11.5.